The third-order valence-electron chi connectivity index (χ3n) is 2.59. The predicted octanol–water partition coefficient (Wildman–Crippen LogP) is 2.47. The van der Waals surface area contributed by atoms with Crippen LogP contribution in [-0.4, -0.2) is 9.97 Å². The molecule has 17 heavy (non-hydrogen) atoms. The number of hydrogen-bond donors (Lipinski definition) is 1. The fourth-order valence-electron chi connectivity index (χ4n) is 1.55. The van der Waals surface area contributed by atoms with Crippen molar-refractivity contribution in [3.63, 3.8) is 0 Å². The molecule has 1 unspecified atom stereocenters. The molecule has 0 spiro atoms. The fraction of sp³-hybridized carbons (Fsp3) is 0.231. The lowest BCUT2D eigenvalue weighted by Crippen LogP contribution is -2.18. The molecule has 0 aliphatic carbocycles. The van der Waals surface area contributed by atoms with Crippen LogP contribution in [0.15, 0.2) is 43.0 Å². The molecule has 0 amide bonds. The maximum Gasteiger partial charge on any atom is 0.141 e. The van der Waals surface area contributed by atoms with E-state index in [-0.39, 0.29) is 11.9 Å². The molecule has 2 aromatic heterocycles. The van der Waals surface area contributed by atoms with Crippen LogP contribution in [0, 0.1) is 5.82 Å². The molecule has 2 heterocycles. The van der Waals surface area contributed by atoms with Crippen LogP contribution in [0.1, 0.15) is 24.1 Å². The first-order valence-electron chi connectivity index (χ1n) is 5.48. The van der Waals surface area contributed by atoms with Gasteiger partial charge in [0.15, 0.2) is 0 Å². The van der Waals surface area contributed by atoms with Crippen molar-refractivity contribution in [2.45, 2.75) is 19.5 Å². The van der Waals surface area contributed by atoms with Crippen molar-refractivity contribution in [2.75, 3.05) is 0 Å². The first-order valence-corrected chi connectivity index (χ1v) is 5.48. The Bertz CT molecular complexity index is 473. The molecule has 0 radical (unpaired) electrons. The summed E-state index contributed by atoms with van der Waals surface area (Å²) in [4.78, 5) is 7.79. The Morgan fingerprint density at radius 1 is 1.24 bits per heavy atom. The third kappa shape index (κ3) is 3.32. The second kappa shape index (κ2) is 5.50. The molecule has 0 bridgehead atoms. The Balaban J connectivity index is 1.96. The van der Waals surface area contributed by atoms with Crippen molar-refractivity contribution < 1.29 is 4.39 Å². The first-order chi connectivity index (χ1) is 8.25. The van der Waals surface area contributed by atoms with E-state index in [0.29, 0.717) is 0 Å². The molecule has 0 aliphatic rings. The Morgan fingerprint density at radius 3 is 2.71 bits per heavy atom. The quantitative estimate of drug-likeness (QED) is 0.878. The number of halogens is 1. The average molecular weight is 231 g/mol. The van der Waals surface area contributed by atoms with Gasteiger partial charge in [-0.15, -0.1) is 0 Å². The number of rotatable bonds is 4. The lowest BCUT2D eigenvalue weighted by molar-refractivity contribution is 0.560. The number of pyridine rings is 2. The van der Waals surface area contributed by atoms with Gasteiger partial charge in [0.2, 0.25) is 0 Å². The molecule has 0 aliphatic heterocycles. The third-order valence-corrected chi connectivity index (χ3v) is 2.59. The van der Waals surface area contributed by atoms with Crippen molar-refractivity contribution in [2.24, 2.45) is 0 Å². The molecule has 1 atom stereocenters. The predicted molar refractivity (Wildman–Crippen MR) is 63.7 cm³/mol. The standard InChI is InChI=1S/C13H14FN3/c1-10(12-6-13(14)9-16-8-12)17-7-11-2-4-15-5-3-11/h2-6,8-10,17H,7H2,1H3. The van der Waals surface area contributed by atoms with Gasteiger partial charge in [0.05, 0.1) is 6.20 Å². The van der Waals surface area contributed by atoms with Crippen LogP contribution in [0.5, 0.6) is 0 Å². The van der Waals surface area contributed by atoms with E-state index in [1.807, 2.05) is 19.1 Å². The van der Waals surface area contributed by atoms with Crippen molar-refractivity contribution >= 4 is 0 Å². The zero-order valence-electron chi connectivity index (χ0n) is 9.60. The van der Waals surface area contributed by atoms with Gasteiger partial charge >= 0.3 is 0 Å². The lowest BCUT2D eigenvalue weighted by atomic mass is 10.1. The zero-order valence-corrected chi connectivity index (χ0v) is 9.60. The van der Waals surface area contributed by atoms with Crippen LogP contribution in [0.25, 0.3) is 0 Å². The van der Waals surface area contributed by atoms with Gasteiger partial charge in [-0.2, -0.15) is 0 Å². The van der Waals surface area contributed by atoms with Crippen molar-refractivity contribution in [3.8, 4) is 0 Å². The minimum Gasteiger partial charge on any atom is -0.306 e. The minimum atomic E-state index is -0.305. The SMILES string of the molecule is CC(NCc1ccncc1)c1cncc(F)c1. The fourth-order valence-corrected chi connectivity index (χ4v) is 1.55. The normalized spacial score (nSPS) is 12.4. The van der Waals surface area contributed by atoms with Gasteiger partial charge in [-0.1, -0.05) is 0 Å². The molecule has 3 nitrogen and oxygen atoms in total. The van der Waals surface area contributed by atoms with Crippen LogP contribution >= 0.6 is 0 Å². The van der Waals surface area contributed by atoms with Gasteiger partial charge in [-0.3, -0.25) is 9.97 Å². The first kappa shape index (κ1) is 11.7. The van der Waals surface area contributed by atoms with E-state index in [2.05, 4.69) is 15.3 Å². The summed E-state index contributed by atoms with van der Waals surface area (Å²) in [6.07, 6.45) is 6.39. The summed E-state index contributed by atoms with van der Waals surface area (Å²) >= 11 is 0. The molecule has 2 rings (SSSR count). The van der Waals surface area contributed by atoms with Crippen LogP contribution in [0.3, 0.4) is 0 Å². The van der Waals surface area contributed by atoms with E-state index >= 15 is 0 Å². The number of nitrogens with zero attached hydrogens (tertiary/aromatic N) is 2. The van der Waals surface area contributed by atoms with Crippen LogP contribution < -0.4 is 5.32 Å². The minimum absolute atomic E-state index is 0.0614. The molecule has 1 N–H and O–H groups in total. The van der Waals surface area contributed by atoms with E-state index < -0.39 is 0 Å². The Morgan fingerprint density at radius 2 is 2.00 bits per heavy atom. The average Bonchev–Trinajstić information content (AvgIpc) is 2.37. The second-order valence-corrected chi connectivity index (χ2v) is 3.89. The van der Waals surface area contributed by atoms with E-state index in [1.165, 1.54) is 12.3 Å². The molecule has 0 saturated heterocycles. The highest BCUT2D eigenvalue weighted by Gasteiger charge is 2.06. The van der Waals surface area contributed by atoms with E-state index in [9.17, 15) is 4.39 Å². The molecular formula is C13H14FN3. The molecule has 0 saturated carbocycles. The van der Waals surface area contributed by atoms with Crippen molar-refractivity contribution in [1.29, 1.82) is 0 Å². The van der Waals surface area contributed by atoms with Crippen LogP contribution in [0.2, 0.25) is 0 Å². The highest BCUT2D eigenvalue weighted by Crippen LogP contribution is 2.12. The van der Waals surface area contributed by atoms with Crippen LogP contribution in [-0.2, 0) is 6.54 Å². The summed E-state index contributed by atoms with van der Waals surface area (Å²) < 4.78 is 13.0. The summed E-state index contributed by atoms with van der Waals surface area (Å²) in [6, 6.07) is 5.45. The summed E-state index contributed by atoms with van der Waals surface area (Å²) in [5, 5.41) is 3.31. The summed E-state index contributed by atoms with van der Waals surface area (Å²) in [5.41, 5.74) is 2.00. The Labute approximate surface area is 99.7 Å². The largest absolute Gasteiger partial charge is 0.306 e. The molecular weight excluding hydrogens is 217 g/mol. The Kier molecular flexibility index (Phi) is 3.77. The maximum atomic E-state index is 13.0. The smallest absolute Gasteiger partial charge is 0.141 e. The lowest BCUT2D eigenvalue weighted by Gasteiger charge is -2.13. The topological polar surface area (TPSA) is 37.8 Å². The summed E-state index contributed by atoms with van der Waals surface area (Å²) in [5.74, 6) is -0.305. The summed E-state index contributed by atoms with van der Waals surface area (Å²) in [7, 11) is 0. The van der Waals surface area contributed by atoms with Gasteiger partial charge in [0, 0.05) is 31.2 Å². The number of aromatic nitrogens is 2. The Hall–Kier alpha value is -1.81. The van der Waals surface area contributed by atoms with E-state index in [0.717, 1.165) is 17.7 Å². The van der Waals surface area contributed by atoms with Crippen molar-refractivity contribution in [1.82, 2.24) is 15.3 Å². The molecule has 0 aromatic carbocycles. The van der Waals surface area contributed by atoms with Crippen LogP contribution in [0.4, 0.5) is 4.39 Å². The monoisotopic (exact) mass is 231 g/mol. The molecule has 0 fully saturated rings. The van der Waals surface area contributed by atoms with E-state index in [4.69, 9.17) is 0 Å². The van der Waals surface area contributed by atoms with Gasteiger partial charge in [0.25, 0.3) is 0 Å². The van der Waals surface area contributed by atoms with Gasteiger partial charge < -0.3 is 5.32 Å². The van der Waals surface area contributed by atoms with Gasteiger partial charge in [0.1, 0.15) is 5.82 Å². The number of hydrogen-bond acceptors (Lipinski definition) is 3. The number of nitrogens with one attached hydrogen (secondary N) is 1. The maximum absolute atomic E-state index is 13.0. The highest BCUT2D eigenvalue weighted by molar-refractivity contribution is 5.15. The second-order valence-electron chi connectivity index (χ2n) is 3.89. The molecule has 2 aromatic rings. The van der Waals surface area contributed by atoms with Gasteiger partial charge in [-0.25, -0.2) is 4.39 Å². The van der Waals surface area contributed by atoms with E-state index in [1.54, 1.807) is 18.6 Å². The highest BCUT2D eigenvalue weighted by atomic mass is 19.1. The van der Waals surface area contributed by atoms with Gasteiger partial charge in [-0.05, 0) is 36.2 Å². The van der Waals surface area contributed by atoms with Crippen molar-refractivity contribution in [3.05, 3.63) is 59.9 Å². The molecule has 88 valence electrons. The zero-order chi connectivity index (χ0) is 12.1. The summed E-state index contributed by atoms with van der Waals surface area (Å²) in [6.45, 7) is 2.71. The molecule has 4 heteroatoms.